The van der Waals surface area contributed by atoms with E-state index < -0.39 is 0 Å². The molecule has 0 N–H and O–H groups in total. The number of amides is 1. The fraction of sp³-hybridized carbons (Fsp3) is 0.438. The molecule has 0 aliphatic heterocycles. The minimum atomic E-state index is -0.161. The van der Waals surface area contributed by atoms with Gasteiger partial charge in [-0.3, -0.25) is 9.78 Å². The Hall–Kier alpha value is -1.75. The molecule has 0 aliphatic carbocycles. The third-order valence-corrected chi connectivity index (χ3v) is 4.11. The molecule has 1 amide bonds. The molecule has 5 heteroatoms. The number of likely N-dealkylation sites (N-methyl/N-ethyl adjacent to an activating group) is 1. The van der Waals surface area contributed by atoms with Crippen LogP contribution in [0.4, 0.5) is 0 Å². The highest BCUT2D eigenvalue weighted by atomic mass is 32.1. The predicted octanol–water partition coefficient (Wildman–Crippen LogP) is 3.39. The van der Waals surface area contributed by atoms with Crippen LogP contribution in [0.15, 0.2) is 29.8 Å². The number of hydrogen-bond acceptors (Lipinski definition) is 4. The highest BCUT2D eigenvalue weighted by molar-refractivity contribution is 7.13. The maximum atomic E-state index is 12.4. The van der Waals surface area contributed by atoms with Crippen molar-refractivity contribution >= 4 is 17.2 Å². The topological polar surface area (TPSA) is 46.1 Å². The van der Waals surface area contributed by atoms with Crippen LogP contribution in [0.3, 0.4) is 0 Å². The van der Waals surface area contributed by atoms with E-state index in [1.54, 1.807) is 6.20 Å². The van der Waals surface area contributed by atoms with Crippen LogP contribution in [0.1, 0.15) is 33.4 Å². The quantitative estimate of drug-likeness (QED) is 0.869. The van der Waals surface area contributed by atoms with E-state index in [2.05, 4.69) is 30.7 Å². The third-order valence-electron chi connectivity index (χ3n) is 3.20. The number of nitrogens with zero attached hydrogens (tertiary/aromatic N) is 3. The Labute approximate surface area is 129 Å². The van der Waals surface area contributed by atoms with E-state index in [0.717, 1.165) is 16.4 Å². The molecular weight excluding hydrogens is 282 g/mol. The van der Waals surface area contributed by atoms with Crippen molar-refractivity contribution in [1.29, 1.82) is 0 Å². The summed E-state index contributed by atoms with van der Waals surface area (Å²) in [6.07, 6.45) is 2.09. The molecular formula is C16H21N3OS. The molecule has 2 rings (SSSR count). The standard InChI is InChI=1S/C16H21N3OS/c1-5-19(16(2,3)4)14(20)10-12-11-21-15(18-12)13-8-6-7-9-17-13/h6-9,11H,5,10H2,1-4H3. The van der Waals surface area contributed by atoms with Crippen molar-refractivity contribution in [3.05, 3.63) is 35.5 Å². The summed E-state index contributed by atoms with van der Waals surface area (Å²) < 4.78 is 0. The second-order valence-corrected chi connectivity index (χ2v) is 6.70. The van der Waals surface area contributed by atoms with E-state index >= 15 is 0 Å². The summed E-state index contributed by atoms with van der Waals surface area (Å²) in [5, 5.41) is 2.80. The van der Waals surface area contributed by atoms with E-state index in [-0.39, 0.29) is 11.4 Å². The van der Waals surface area contributed by atoms with E-state index in [1.165, 1.54) is 11.3 Å². The molecule has 0 spiro atoms. The molecule has 0 unspecified atom stereocenters. The normalized spacial score (nSPS) is 11.4. The molecule has 0 saturated carbocycles. The van der Waals surface area contributed by atoms with Gasteiger partial charge in [-0.15, -0.1) is 11.3 Å². The summed E-state index contributed by atoms with van der Waals surface area (Å²) in [4.78, 5) is 23.1. The Bertz CT molecular complexity index is 601. The molecule has 0 bridgehead atoms. The Morgan fingerprint density at radius 2 is 2.10 bits per heavy atom. The van der Waals surface area contributed by atoms with Crippen LogP contribution in [0, 0.1) is 0 Å². The van der Waals surface area contributed by atoms with Gasteiger partial charge in [0.2, 0.25) is 5.91 Å². The lowest BCUT2D eigenvalue weighted by Crippen LogP contribution is -2.46. The first-order chi connectivity index (χ1) is 9.91. The van der Waals surface area contributed by atoms with Crippen molar-refractivity contribution < 1.29 is 4.79 Å². The zero-order valence-electron chi connectivity index (χ0n) is 13.0. The van der Waals surface area contributed by atoms with Gasteiger partial charge in [0.15, 0.2) is 0 Å². The molecule has 0 fully saturated rings. The third kappa shape index (κ3) is 3.88. The Morgan fingerprint density at radius 1 is 1.33 bits per heavy atom. The molecule has 0 aliphatic rings. The van der Waals surface area contributed by atoms with E-state index in [1.807, 2.05) is 35.4 Å². The summed E-state index contributed by atoms with van der Waals surface area (Å²) in [6.45, 7) is 8.86. The van der Waals surface area contributed by atoms with Crippen molar-refractivity contribution in [3.8, 4) is 10.7 Å². The zero-order valence-corrected chi connectivity index (χ0v) is 13.8. The second-order valence-electron chi connectivity index (χ2n) is 5.84. The Morgan fingerprint density at radius 3 is 2.67 bits per heavy atom. The van der Waals surface area contributed by atoms with Gasteiger partial charge in [-0.25, -0.2) is 4.98 Å². The SMILES string of the molecule is CCN(C(=O)Cc1csc(-c2ccccn2)n1)C(C)(C)C. The fourth-order valence-corrected chi connectivity index (χ4v) is 3.07. The number of aromatic nitrogens is 2. The number of carbonyl (C=O) groups excluding carboxylic acids is 1. The van der Waals surface area contributed by atoms with Crippen LogP contribution in [-0.2, 0) is 11.2 Å². The van der Waals surface area contributed by atoms with Crippen LogP contribution in [0.5, 0.6) is 0 Å². The molecule has 0 radical (unpaired) electrons. The molecule has 0 saturated heterocycles. The van der Waals surface area contributed by atoms with Gasteiger partial charge in [-0.2, -0.15) is 0 Å². The largest absolute Gasteiger partial charge is 0.338 e. The van der Waals surface area contributed by atoms with Crippen LogP contribution in [0.2, 0.25) is 0 Å². The number of hydrogen-bond donors (Lipinski definition) is 0. The first-order valence-corrected chi connectivity index (χ1v) is 7.96. The first-order valence-electron chi connectivity index (χ1n) is 7.08. The lowest BCUT2D eigenvalue weighted by molar-refractivity contribution is -0.134. The van der Waals surface area contributed by atoms with Gasteiger partial charge in [0.1, 0.15) is 5.01 Å². The molecule has 0 aromatic carbocycles. The predicted molar refractivity (Wildman–Crippen MR) is 86.2 cm³/mol. The van der Waals surface area contributed by atoms with Crippen LogP contribution in [-0.4, -0.2) is 32.9 Å². The number of rotatable bonds is 4. The summed E-state index contributed by atoms with van der Waals surface area (Å²) in [5.74, 6) is 0.114. The van der Waals surface area contributed by atoms with Gasteiger partial charge in [0.05, 0.1) is 17.8 Å². The fourth-order valence-electron chi connectivity index (χ4n) is 2.27. The highest BCUT2D eigenvalue weighted by Crippen LogP contribution is 2.22. The molecule has 112 valence electrons. The molecule has 2 aromatic rings. The summed E-state index contributed by atoms with van der Waals surface area (Å²) >= 11 is 1.53. The average Bonchev–Trinajstić information content (AvgIpc) is 2.87. The van der Waals surface area contributed by atoms with Crippen molar-refractivity contribution in [2.75, 3.05) is 6.54 Å². The average molecular weight is 303 g/mol. The smallest absolute Gasteiger partial charge is 0.229 e. The molecule has 0 atom stereocenters. The summed E-state index contributed by atoms with van der Waals surface area (Å²) in [6, 6.07) is 5.74. The van der Waals surface area contributed by atoms with Crippen molar-refractivity contribution in [2.24, 2.45) is 0 Å². The number of pyridine rings is 1. The van der Waals surface area contributed by atoms with E-state index in [9.17, 15) is 4.79 Å². The highest BCUT2D eigenvalue weighted by Gasteiger charge is 2.25. The van der Waals surface area contributed by atoms with Crippen molar-refractivity contribution in [2.45, 2.75) is 39.7 Å². The molecule has 2 aromatic heterocycles. The van der Waals surface area contributed by atoms with E-state index in [4.69, 9.17) is 0 Å². The Kier molecular flexibility index (Phi) is 4.73. The summed E-state index contributed by atoms with van der Waals surface area (Å²) in [7, 11) is 0. The van der Waals surface area contributed by atoms with Crippen molar-refractivity contribution in [1.82, 2.24) is 14.9 Å². The van der Waals surface area contributed by atoms with Gasteiger partial charge >= 0.3 is 0 Å². The maximum absolute atomic E-state index is 12.4. The van der Waals surface area contributed by atoms with Crippen molar-refractivity contribution in [3.63, 3.8) is 0 Å². The van der Waals surface area contributed by atoms with Crippen LogP contribution in [0.25, 0.3) is 10.7 Å². The monoisotopic (exact) mass is 303 g/mol. The van der Waals surface area contributed by atoms with Gasteiger partial charge < -0.3 is 4.90 Å². The van der Waals surface area contributed by atoms with Gasteiger partial charge in [0, 0.05) is 23.7 Å². The molecule has 21 heavy (non-hydrogen) atoms. The summed E-state index contributed by atoms with van der Waals surface area (Å²) in [5.41, 5.74) is 1.50. The van der Waals surface area contributed by atoms with Crippen LogP contribution >= 0.6 is 11.3 Å². The lowest BCUT2D eigenvalue weighted by atomic mass is 10.1. The number of carbonyl (C=O) groups is 1. The lowest BCUT2D eigenvalue weighted by Gasteiger charge is -2.34. The maximum Gasteiger partial charge on any atom is 0.229 e. The van der Waals surface area contributed by atoms with E-state index in [0.29, 0.717) is 13.0 Å². The zero-order chi connectivity index (χ0) is 15.5. The van der Waals surface area contributed by atoms with Gasteiger partial charge in [-0.1, -0.05) is 6.07 Å². The van der Waals surface area contributed by atoms with Gasteiger partial charge in [0.25, 0.3) is 0 Å². The Balaban J connectivity index is 2.11. The minimum Gasteiger partial charge on any atom is -0.338 e. The molecule has 4 nitrogen and oxygen atoms in total. The number of thiazole rings is 1. The second kappa shape index (κ2) is 6.35. The van der Waals surface area contributed by atoms with Crippen LogP contribution < -0.4 is 0 Å². The first kappa shape index (κ1) is 15.6. The molecule has 2 heterocycles. The minimum absolute atomic E-state index is 0.114. The van der Waals surface area contributed by atoms with Gasteiger partial charge in [-0.05, 0) is 39.8 Å².